The number of aromatic nitrogens is 1. The lowest BCUT2D eigenvalue weighted by molar-refractivity contribution is 0.313. The van der Waals surface area contributed by atoms with Crippen LogP contribution in [0.5, 0.6) is 0 Å². The van der Waals surface area contributed by atoms with Crippen molar-refractivity contribution in [3.63, 3.8) is 0 Å². The number of likely N-dealkylation sites (N-methyl/N-ethyl adjacent to an activating group) is 1. The topological polar surface area (TPSA) is 31.4 Å². The van der Waals surface area contributed by atoms with E-state index in [1.807, 2.05) is 6.92 Å². The third-order valence-electron chi connectivity index (χ3n) is 5.11. The molecule has 4 nitrogen and oxygen atoms in total. The molecule has 1 fully saturated rings. The highest BCUT2D eigenvalue weighted by molar-refractivity contribution is 5.93. The van der Waals surface area contributed by atoms with Gasteiger partial charge in [0.1, 0.15) is 0 Å². The second-order valence-electron chi connectivity index (χ2n) is 7.29. The molecule has 3 aromatic rings. The molecule has 2 aromatic carbocycles. The maximum absolute atomic E-state index is 4.65. The van der Waals surface area contributed by atoms with Gasteiger partial charge in [0, 0.05) is 54.3 Å². The van der Waals surface area contributed by atoms with Gasteiger partial charge in [-0.05, 0) is 63.4 Å². The van der Waals surface area contributed by atoms with E-state index in [0.29, 0.717) is 0 Å². The Morgan fingerprint density at radius 2 is 1.62 bits per heavy atom. The molecule has 1 aliphatic heterocycles. The summed E-state index contributed by atoms with van der Waals surface area (Å²) in [4.78, 5) is 9.49. The minimum atomic E-state index is 1.03. The fourth-order valence-corrected chi connectivity index (χ4v) is 3.55. The van der Waals surface area contributed by atoms with Crippen LogP contribution in [0.2, 0.25) is 0 Å². The lowest BCUT2D eigenvalue weighted by atomic mass is 10.1. The van der Waals surface area contributed by atoms with Crippen LogP contribution in [-0.2, 0) is 0 Å². The highest BCUT2D eigenvalue weighted by Crippen LogP contribution is 2.28. The third kappa shape index (κ3) is 3.51. The van der Waals surface area contributed by atoms with Crippen LogP contribution in [0, 0.1) is 13.8 Å². The standard InChI is InChI=1S/C22H26N4/c1-16-4-9-21-20(14-16)22(15-17(2)23-21)24-18-5-7-19(8-6-18)26-12-10-25(3)11-13-26/h4-9,14-15H,10-13H2,1-3H3,(H,23,24). The van der Waals surface area contributed by atoms with Crippen molar-refractivity contribution in [2.45, 2.75) is 13.8 Å². The predicted molar refractivity (Wildman–Crippen MR) is 111 cm³/mol. The Labute approximate surface area is 155 Å². The first-order valence-corrected chi connectivity index (χ1v) is 9.27. The predicted octanol–water partition coefficient (Wildman–Crippen LogP) is 4.35. The zero-order chi connectivity index (χ0) is 18.1. The lowest BCUT2D eigenvalue weighted by Crippen LogP contribution is -2.44. The zero-order valence-electron chi connectivity index (χ0n) is 15.8. The highest BCUT2D eigenvalue weighted by atomic mass is 15.2. The summed E-state index contributed by atoms with van der Waals surface area (Å²) in [7, 11) is 2.19. The van der Waals surface area contributed by atoms with Gasteiger partial charge in [0.2, 0.25) is 0 Å². The molecule has 0 atom stereocenters. The Morgan fingerprint density at radius 1 is 0.885 bits per heavy atom. The van der Waals surface area contributed by atoms with E-state index in [-0.39, 0.29) is 0 Å². The van der Waals surface area contributed by atoms with Crippen molar-refractivity contribution in [3.8, 4) is 0 Å². The molecule has 134 valence electrons. The van der Waals surface area contributed by atoms with Crippen LogP contribution in [0.1, 0.15) is 11.3 Å². The number of benzene rings is 2. The van der Waals surface area contributed by atoms with Crippen molar-refractivity contribution in [2.75, 3.05) is 43.4 Å². The number of nitrogens with zero attached hydrogens (tertiary/aromatic N) is 3. The molecule has 2 heterocycles. The maximum Gasteiger partial charge on any atom is 0.0726 e. The van der Waals surface area contributed by atoms with Gasteiger partial charge in [0.25, 0.3) is 0 Å². The quantitative estimate of drug-likeness (QED) is 0.764. The third-order valence-corrected chi connectivity index (χ3v) is 5.11. The molecule has 1 aromatic heterocycles. The number of fused-ring (bicyclic) bond motifs is 1. The SMILES string of the molecule is Cc1ccc2nc(C)cc(Nc3ccc(N4CCN(C)CC4)cc3)c2c1. The lowest BCUT2D eigenvalue weighted by Gasteiger charge is -2.34. The molecule has 0 unspecified atom stereocenters. The highest BCUT2D eigenvalue weighted by Gasteiger charge is 2.14. The Kier molecular flexibility index (Phi) is 4.51. The van der Waals surface area contributed by atoms with Crippen LogP contribution >= 0.6 is 0 Å². The van der Waals surface area contributed by atoms with Gasteiger partial charge in [-0.2, -0.15) is 0 Å². The normalized spacial score (nSPS) is 15.4. The number of anilines is 3. The average Bonchev–Trinajstić information content (AvgIpc) is 2.64. The zero-order valence-corrected chi connectivity index (χ0v) is 15.8. The van der Waals surface area contributed by atoms with Crippen molar-refractivity contribution < 1.29 is 0 Å². The van der Waals surface area contributed by atoms with E-state index in [4.69, 9.17) is 0 Å². The summed E-state index contributed by atoms with van der Waals surface area (Å²) in [6.45, 7) is 8.60. The monoisotopic (exact) mass is 346 g/mol. The molecule has 4 heteroatoms. The molecule has 4 rings (SSSR count). The van der Waals surface area contributed by atoms with Crippen molar-refractivity contribution in [1.82, 2.24) is 9.88 Å². The average molecular weight is 346 g/mol. The van der Waals surface area contributed by atoms with Gasteiger partial charge >= 0.3 is 0 Å². The second kappa shape index (κ2) is 6.96. The van der Waals surface area contributed by atoms with Gasteiger partial charge in [-0.1, -0.05) is 11.6 Å². The van der Waals surface area contributed by atoms with Crippen LogP contribution in [0.3, 0.4) is 0 Å². The Morgan fingerprint density at radius 3 is 2.35 bits per heavy atom. The van der Waals surface area contributed by atoms with E-state index in [2.05, 4.69) is 82.6 Å². The fraction of sp³-hybridized carbons (Fsp3) is 0.318. The maximum atomic E-state index is 4.65. The summed E-state index contributed by atoms with van der Waals surface area (Å²) >= 11 is 0. The molecule has 0 aliphatic carbocycles. The van der Waals surface area contributed by atoms with Gasteiger partial charge < -0.3 is 15.1 Å². The molecule has 0 spiro atoms. The molecular weight excluding hydrogens is 320 g/mol. The Bertz CT molecular complexity index is 909. The van der Waals surface area contributed by atoms with Crippen molar-refractivity contribution >= 4 is 28.0 Å². The van der Waals surface area contributed by atoms with E-state index in [1.165, 1.54) is 16.6 Å². The van der Waals surface area contributed by atoms with Crippen LogP contribution in [-0.4, -0.2) is 43.1 Å². The van der Waals surface area contributed by atoms with Gasteiger partial charge in [-0.25, -0.2) is 0 Å². The van der Waals surface area contributed by atoms with Crippen molar-refractivity contribution in [3.05, 3.63) is 59.8 Å². The summed E-state index contributed by atoms with van der Waals surface area (Å²) in [5.41, 5.74) is 6.83. The van der Waals surface area contributed by atoms with Crippen LogP contribution < -0.4 is 10.2 Å². The Balaban J connectivity index is 1.58. The number of hydrogen-bond acceptors (Lipinski definition) is 4. The molecule has 1 saturated heterocycles. The smallest absolute Gasteiger partial charge is 0.0726 e. The van der Waals surface area contributed by atoms with Gasteiger partial charge in [-0.3, -0.25) is 4.98 Å². The first-order chi connectivity index (χ1) is 12.6. The molecule has 0 radical (unpaired) electrons. The van der Waals surface area contributed by atoms with Gasteiger partial charge in [-0.15, -0.1) is 0 Å². The van der Waals surface area contributed by atoms with Gasteiger partial charge in [0.05, 0.1) is 5.52 Å². The first-order valence-electron chi connectivity index (χ1n) is 9.27. The summed E-state index contributed by atoms with van der Waals surface area (Å²) in [5.74, 6) is 0. The van der Waals surface area contributed by atoms with Crippen LogP contribution in [0.25, 0.3) is 10.9 Å². The number of piperazine rings is 1. The number of pyridine rings is 1. The van der Waals surface area contributed by atoms with E-state index in [0.717, 1.165) is 48.8 Å². The summed E-state index contributed by atoms with van der Waals surface area (Å²) in [5, 5.41) is 4.75. The van der Waals surface area contributed by atoms with Crippen LogP contribution in [0.15, 0.2) is 48.5 Å². The number of rotatable bonds is 3. The van der Waals surface area contributed by atoms with E-state index < -0.39 is 0 Å². The number of nitrogens with one attached hydrogen (secondary N) is 1. The second-order valence-corrected chi connectivity index (χ2v) is 7.29. The van der Waals surface area contributed by atoms with E-state index in [9.17, 15) is 0 Å². The largest absolute Gasteiger partial charge is 0.369 e. The summed E-state index contributed by atoms with van der Waals surface area (Å²) in [6.07, 6.45) is 0. The van der Waals surface area contributed by atoms with Crippen molar-refractivity contribution in [1.29, 1.82) is 0 Å². The number of hydrogen-bond donors (Lipinski definition) is 1. The molecule has 0 amide bonds. The van der Waals surface area contributed by atoms with Crippen molar-refractivity contribution in [2.24, 2.45) is 0 Å². The molecule has 1 N–H and O–H groups in total. The van der Waals surface area contributed by atoms with Gasteiger partial charge in [0.15, 0.2) is 0 Å². The molecular formula is C22H26N4. The Hall–Kier alpha value is -2.59. The van der Waals surface area contributed by atoms with E-state index >= 15 is 0 Å². The summed E-state index contributed by atoms with van der Waals surface area (Å²) < 4.78 is 0. The molecule has 26 heavy (non-hydrogen) atoms. The molecule has 0 bridgehead atoms. The molecule has 1 aliphatic rings. The first kappa shape index (κ1) is 16.9. The van der Waals surface area contributed by atoms with Crippen LogP contribution in [0.4, 0.5) is 17.1 Å². The fourth-order valence-electron chi connectivity index (χ4n) is 3.55. The minimum absolute atomic E-state index is 1.03. The number of aryl methyl sites for hydroxylation is 2. The van der Waals surface area contributed by atoms with E-state index in [1.54, 1.807) is 0 Å². The minimum Gasteiger partial charge on any atom is -0.369 e. The summed E-state index contributed by atoms with van der Waals surface area (Å²) in [6, 6.07) is 17.3. The molecule has 0 saturated carbocycles.